The highest BCUT2D eigenvalue weighted by Gasteiger charge is 2.65. The van der Waals surface area contributed by atoms with Crippen LogP contribution in [0, 0.1) is 29.9 Å². The largest absolute Gasteiger partial charge is 0.463 e. The number of carbonyl (C=O) groups excluding carboxylic acids is 1. The second kappa shape index (κ2) is 8.17. The van der Waals surface area contributed by atoms with Gasteiger partial charge in [-0.3, -0.25) is 9.79 Å². The lowest BCUT2D eigenvalue weighted by molar-refractivity contribution is 0.0987. The van der Waals surface area contributed by atoms with Gasteiger partial charge in [-0.2, -0.15) is 0 Å². The number of carbonyl (C=O) groups is 1. The number of aromatic nitrogens is 2. The van der Waals surface area contributed by atoms with E-state index in [-0.39, 0.29) is 46.6 Å². The van der Waals surface area contributed by atoms with E-state index in [1.54, 1.807) is 6.92 Å². The highest BCUT2D eigenvalue weighted by atomic mass is 32.2. The number of thioether (sulfide) groups is 1. The van der Waals surface area contributed by atoms with Crippen LogP contribution in [0.25, 0.3) is 0 Å². The number of terminal acetylenes is 1. The van der Waals surface area contributed by atoms with Crippen LogP contribution >= 0.6 is 11.8 Å². The number of ether oxygens (including phenoxy) is 1. The molecule has 32 heavy (non-hydrogen) atoms. The first-order valence-corrected chi connectivity index (χ1v) is 11.0. The van der Waals surface area contributed by atoms with Crippen LogP contribution in [0.1, 0.15) is 48.3 Å². The maximum Gasteiger partial charge on any atom is 0.233 e. The number of nitrogens with zero attached hydrogens (tertiary/aromatic N) is 3. The molecule has 1 aliphatic heterocycles. The van der Waals surface area contributed by atoms with E-state index in [1.165, 1.54) is 30.2 Å². The summed E-state index contributed by atoms with van der Waals surface area (Å²) >= 11 is 1.51. The number of halogens is 2. The van der Waals surface area contributed by atoms with E-state index in [9.17, 15) is 13.6 Å². The highest BCUT2D eigenvalue weighted by Crippen LogP contribution is 2.67. The number of ketones is 1. The molecule has 6 nitrogen and oxygen atoms in total. The van der Waals surface area contributed by atoms with Gasteiger partial charge in [0, 0.05) is 22.6 Å². The molecule has 1 aromatic carbocycles. The van der Waals surface area contributed by atoms with E-state index in [0.717, 1.165) is 18.9 Å². The summed E-state index contributed by atoms with van der Waals surface area (Å²) in [5, 5.41) is 0.367. The van der Waals surface area contributed by atoms with Gasteiger partial charge >= 0.3 is 0 Å². The minimum atomic E-state index is -1.02. The zero-order chi connectivity index (χ0) is 23.1. The van der Waals surface area contributed by atoms with Gasteiger partial charge in [0.15, 0.2) is 29.2 Å². The lowest BCUT2D eigenvalue weighted by atomic mass is 9.84. The summed E-state index contributed by atoms with van der Waals surface area (Å²) in [6.45, 7) is 3.87. The van der Waals surface area contributed by atoms with Crippen LogP contribution in [-0.4, -0.2) is 32.3 Å². The van der Waals surface area contributed by atoms with E-state index >= 15 is 0 Å². The number of hydrogen-bond donors (Lipinski definition) is 1. The number of hydrogen-bond acceptors (Lipinski definition) is 7. The Morgan fingerprint density at radius 2 is 2.16 bits per heavy atom. The molecule has 9 heteroatoms. The Bertz CT molecular complexity index is 1150. The zero-order valence-corrected chi connectivity index (χ0v) is 18.5. The molecular formula is C23H22F2N4O2S. The molecule has 0 bridgehead atoms. The SMILES string of the molecule is C#CCOc1cnc(C(=O)Cc2cc(F)c(F)c([C@@]3(C)N=C(N)S[C@@]4(CC)C[C@H]43)c2)cn1. The van der Waals surface area contributed by atoms with Crippen molar-refractivity contribution in [2.75, 3.05) is 6.61 Å². The van der Waals surface area contributed by atoms with Gasteiger partial charge in [0.2, 0.25) is 5.88 Å². The quantitative estimate of drug-likeness (QED) is 0.505. The fraction of sp³-hybridized carbons (Fsp3) is 0.391. The molecule has 2 heterocycles. The summed E-state index contributed by atoms with van der Waals surface area (Å²) in [5.41, 5.74) is 5.59. The van der Waals surface area contributed by atoms with Crippen LogP contribution in [0.2, 0.25) is 0 Å². The van der Waals surface area contributed by atoms with E-state index < -0.39 is 17.2 Å². The van der Waals surface area contributed by atoms with Crippen molar-refractivity contribution in [3.05, 3.63) is 53.0 Å². The third kappa shape index (κ3) is 3.84. The molecule has 1 aliphatic carbocycles. The van der Waals surface area contributed by atoms with Crippen LogP contribution in [-0.2, 0) is 12.0 Å². The lowest BCUT2D eigenvalue weighted by Crippen LogP contribution is -2.36. The Morgan fingerprint density at radius 1 is 1.38 bits per heavy atom. The topological polar surface area (TPSA) is 90.5 Å². The number of nitrogens with two attached hydrogens (primary N) is 1. The molecule has 0 unspecified atom stereocenters. The third-order valence-electron chi connectivity index (χ3n) is 6.17. The van der Waals surface area contributed by atoms with Gasteiger partial charge in [-0.05, 0) is 37.5 Å². The molecule has 2 aliphatic rings. The van der Waals surface area contributed by atoms with Crippen molar-refractivity contribution < 1.29 is 18.3 Å². The zero-order valence-electron chi connectivity index (χ0n) is 17.7. The van der Waals surface area contributed by atoms with E-state index in [0.29, 0.717) is 10.7 Å². The molecule has 0 spiro atoms. The predicted octanol–water partition coefficient (Wildman–Crippen LogP) is 3.64. The molecule has 2 N–H and O–H groups in total. The van der Waals surface area contributed by atoms with E-state index in [4.69, 9.17) is 16.9 Å². The van der Waals surface area contributed by atoms with Crippen LogP contribution in [0.5, 0.6) is 5.88 Å². The van der Waals surface area contributed by atoms with Gasteiger partial charge in [0.05, 0.1) is 17.9 Å². The van der Waals surface area contributed by atoms with Crippen LogP contribution in [0.4, 0.5) is 8.78 Å². The van der Waals surface area contributed by atoms with Crippen molar-refractivity contribution in [2.45, 2.75) is 43.4 Å². The van der Waals surface area contributed by atoms with Gasteiger partial charge in [-0.15, -0.1) is 6.42 Å². The van der Waals surface area contributed by atoms with Gasteiger partial charge < -0.3 is 10.5 Å². The van der Waals surface area contributed by atoms with Gasteiger partial charge in [-0.25, -0.2) is 18.7 Å². The summed E-state index contributed by atoms with van der Waals surface area (Å²) in [4.78, 5) is 25.2. The Labute approximate surface area is 189 Å². The molecule has 2 aromatic rings. The van der Waals surface area contributed by atoms with Crippen molar-refractivity contribution in [3.63, 3.8) is 0 Å². The molecule has 166 valence electrons. The summed E-state index contributed by atoms with van der Waals surface area (Å²) in [6.07, 6.45) is 9.18. The van der Waals surface area contributed by atoms with Crippen molar-refractivity contribution in [1.29, 1.82) is 0 Å². The standard InChI is InChI=1S/C23H22F2N4O2S/c1-4-6-31-19-12-27-16(11-28-19)17(30)9-13-7-14(20(25)15(24)8-13)22(3)18-10-23(18,5-2)32-21(26)29-22/h1,7-8,11-12,18H,5-6,9-10H2,2-3H3,(H2,26,29)/t18-,22+,23-/m0/s1. The van der Waals surface area contributed by atoms with Crippen LogP contribution < -0.4 is 10.5 Å². The average Bonchev–Trinajstić information content (AvgIpc) is 3.50. The number of rotatable bonds is 7. The predicted molar refractivity (Wildman–Crippen MR) is 118 cm³/mol. The van der Waals surface area contributed by atoms with E-state index in [1.807, 2.05) is 0 Å². The average molecular weight is 457 g/mol. The maximum absolute atomic E-state index is 14.9. The number of aliphatic imine (C=N–C) groups is 1. The second-order valence-electron chi connectivity index (χ2n) is 8.15. The number of fused-ring (bicyclic) bond motifs is 1. The normalized spacial score (nSPS) is 26.0. The first-order valence-electron chi connectivity index (χ1n) is 10.2. The number of Topliss-reactive ketones (excluding diaryl/α,β-unsaturated/α-hetero) is 1. The van der Waals surface area contributed by atoms with Crippen LogP contribution in [0.15, 0.2) is 29.5 Å². The number of benzene rings is 1. The molecule has 0 amide bonds. The molecule has 1 saturated carbocycles. The first-order chi connectivity index (χ1) is 15.2. The summed E-state index contributed by atoms with van der Waals surface area (Å²) < 4.78 is 34.5. The molecular weight excluding hydrogens is 434 g/mol. The van der Waals surface area contributed by atoms with Gasteiger partial charge in [0.25, 0.3) is 0 Å². The monoisotopic (exact) mass is 456 g/mol. The summed E-state index contributed by atoms with van der Waals surface area (Å²) in [7, 11) is 0. The van der Waals surface area contributed by atoms with Gasteiger partial charge in [0.1, 0.15) is 5.69 Å². The Hall–Kier alpha value is -2.99. The first kappa shape index (κ1) is 22.2. The lowest BCUT2D eigenvalue weighted by Gasteiger charge is -2.34. The fourth-order valence-electron chi connectivity index (χ4n) is 4.40. The Kier molecular flexibility index (Phi) is 5.67. The molecule has 0 saturated heterocycles. The van der Waals surface area contributed by atoms with Gasteiger partial charge in [-0.1, -0.05) is 24.6 Å². The van der Waals surface area contributed by atoms with Crippen molar-refractivity contribution >= 4 is 22.7 Å². The second-order valence-corrected chi connectivity index (χ2v) is 9.58. The fourth-order valence-corrected chi connectivity index (χ4v) is 5.82. The smallest absolute Gasteiger partial charge is 0.233 e. The minimum Gasteiger partial charge on any atom is -0.463 e. The summed E-state index contributed by atoms with van der Waals surface area (Å²) in [6, 6.07) is 2.54. The molecule has 4 rings (SSSR count). The molecule has 1 fully saturated rings. The molecule has 3 atom stereocenters. The van der Waals surface area contributed by atoms with Crippen molar-refractivity contribution in [1.82, 2.24) is 9.97 Å². The molecule has 1 aromatic heterocycles. The third-order valence-corrected chi connectivity index (χ3v) is 7.61. The maximum atomic E-state index is 14.9. The Morgan fingerprint density at radius 3 is 2.81 bits per heavy atom. The Balaban J connectivity index is 1.62. The minimum absolute atomic E-state index is 0.0319. The van der Waals surface area contributed by atoms with Crippen molar-refractivity contribution in [2.24, 2.45) is 16.6 Å². The molecule has 0 radical (unpaired) electrons. The van der Waals surface area contributed by atoms with E-state index in [2.05, 4.69) is 27.8 Å². The number of amidine groups is 1. The highest BCUT2D eigenvalue weighted by molar-refractivity contribution is 8.15. The summed E-state index contributed by atoms with van der Waals surface area (Å²) in [5.74, 6) is 0.165. The van der Waals surface area contributed by atoms with Crippen LogP contribution in [0.3, 0.4) is 0 Å². The van der Waals surface area contributed by atoms with Crippen molar-refractivity contribution in [3.8, 4) is 18.2 Å².